The van der Waals surface area contributed by atoms with Gasteiger partial charge in [-0.1, -0.05) is 23.4 Å². The van der Waals surface area contributed by atoms with E-state index < -0.39 is 12.2 Å². The van der Waals surface area contributed by atoms with Crippen LogP contribution in [-0.4, -0.2) is 61.2 Å². The summed E-state index contributed by atoms with van der Waals surface area (Å²) >= 11 is 0. The number of ether oxygens (including phenoxy) is 1. The first-order valence-electron chi connectivity index (χ1n) is 10.3. The molecule has 0 bridgehead atoms. The minimum Gasteiger partial charge on any atom is -0.465 e. The van der Waals surface area contributed by atoms with Crippen LogP contribution in [0.3, 0.4) is 0 Å². The average molecular weight is 448 g/mol. The van der Waals surface area contributed by atoms with E-state index >= 15 is 0 Å². The number of nitrogens with one attached hydrogen (secondary N) is 1. The third kappa shape index (κ3) is 4.01. The summed E-state index contributed by atoms with van der Waals surface area (Å²) in [6.07, 6.45) is 1.66. The first-order chi connectivity index (χ1) is 16.0. The fourth-order valence-corrected chi connectivity index (χ4v) is 3.64. The van der Waals surface area contributed by atoms with Crippen LogP contribution >= 0.6 is 0 Å². The molecule has 0 radical (unpaired) electrons. The summed E-state index contributed by atoms with van der Waals surface area (Å²) in [6.45, 7) is 2.54. The molecule has 4 aromatic rings. The normalized spacial score (nSPS) is 16.2. The molecule has 33 heavy (non-hydrogen) atoms. The van der Waals surface area contributed by atoms with E-state index in [1.54, 1.807) is 16.7 Å². The van der Waals surface area contributed by atoms with Crippen molar-refractivity contribution in [1.82, 2.24) is 24.4 Å². The van der Waals surface area contributed by atoms with E-state index in [1.165, 1.54) is 11.1 Å². The highest BCUT2D eigenvalue weighted by molar-refractivity contribution is 6.04. The van der Waals surface area contributed by atoms with Gasteiger partial charge in [0, 0.05) is 24.0 Å². The van der Waals surface area contributed by atoms with Crippen molar-refractivity contribution in [2.45, 2.75) is 13.0 Å². The van der Waals surface area contributed by atoms with Crippen molar-refractivity contribution >= 4 is 23.3 Å². The number of carbonyl (C=O) groups excluding carboxylic acids is 1. The quantitative estimate of drug-likeness (QED) is 0.486. The predicted octanol–water partition coefficient (Wildman–Crippen LogP) is 3.00. The lowest BCUT2D eigenvalue weighted by Crippen LogP contribution is -2.41. The number of rotatable bonds is 4. The molecule has 1 aromatic carbocycles. The zero-order valence-corrected chi connectivity index (χ0v) is 17.6. The van der Waals surface area contributed by atoms with Crippen LogP contribution in [0.5, 0.6) is 0 Å². The average Bonchev–Trinajstić information content (AvgIpc) is 3.48. The highest BCUT2D eigenvalue weighted by Gasteiger charge is 2.29. The maximum atomic E-state index is 12.9. The standard InChI is InChI=1S/C22H20N6O5/c1-13-5-6-14(19-25-21(33-26-19)17-12-27(22(30)31)8-9-32-17)10-15(13)24-20(29)16-11-23-18-4-2-3-7-28(16)18/h2-7,10-11,17H,8-9,12H2,1H3,(H,24,29)(H,30,31)/t17-/m0/s1. The van der Waals surface area contributed by atoms with Crippen molar-refractivity contribution in [3.05, 3.63) is 65.9 Å². The van der Waals surface area contributed by atoms with Crippen molar-refractivity contribution in [3.63, 3.8) is 0 Å². The van der Waals surface area contributed by atoms with Crippen LogP contribution in [0, 0.1) is 6.92 Å². The van der Waals surface area contributed by atoms with E-state index in [1.807, 2.05) is 37.3 Å². The number of aromatic nitrogens is 4. The summed E-state index contributed by atoms with van der Waals surface area (Å²) in [6, 6.07) is 10.9. The van der Waals surface area contributed by atoms with Gasteiger partial charge in [0.1, 0.15) is 11.3 Å². The molecule has 2 N–H and O–H groups in total. The molecule has 5 rings (SSSR count). The van der Waals surface area contributed by atoms with Crippen molar-refractivity contribution in [3.8, 4) is 11.4 Å². The van der Waals surface area contributed by atoms with Gasteiger partial charge < -0.3 is 24.6 Å². The number of fused-ring (bicyclic) bond motifs is 1. The Morgan fingerprint density at radius 1 is 1.24 bits per heavy atom. The first-order valence-corrected chi connectivity index (χ1v) is 10.3. The minimum absolute atomic E-state index is 0.117. The van der Waals surface area contributed by atoms with Crippen LogP contribution in [0.25, 0.3) is 17.0 Å². The van der Waals surface area contributed by atoms with Gasteiger partial charge in [0.2, 0.25) is 5.82 Å². The van der Waals surface area contributed by atoms with Gasteiger partial charge in [-0.3, -0.25) is 9.20 Å². The fraction of sp³-hybridized carbons (Fsp3) is 0.227. The van der Waals surface area contributed by atoms with Crippen LogP contribution in [0.15, 0.2) is 53.3 Å². The second kappa shape index (κ2) is 8.36. The molecule has 0 unspecified atom stereocenters. The number of amides is 2. The van der Waals surface area contributed by atoms with Crippen molar-refractivity contribution < 1.29 is 24.0 Å². The summed E-state index contributed by atoms with van der Waals surface area (Å²) in [4.78, 5) is 34.0. The second-order valence-electron chi connectivity index (χ2n) is 7.60. The molecule has 168 valence electrons. The van der Waals surface area contributed by atoms with Gasteiger partial charge in [0.15, 0.2) is 6.10 Å². The molecule has 2 amide bonds. The molecule has 3 aromatic heterocycles. The van der Waals surface area contributed by atoms with Crippen LogP contribution in [0.4, 0.5) is 10.5 Å². The number of benzene rings is 1. The highest BCUT2D eigenvalue weighted by Crippen LogP contribution is 2.27. The van der Waals surface area contributed by atoms with E-state index in [0.717, 1.165) is 5.56 Å². The van der Waals surface area contributed by atoms with Gasteiger partial charge in [-0.25, -0.2) is 9.78 Å². The molecule has 1 atom stereocenters. The fourth-order valence-electron chi connectivity index (χ4n) is 3.64. The molecule has 11 heteroatoms. The molecular weight excluding hydrogens is 428 g/mol. The molecule has 0 spiro atoms. The van der Waals surface area contributed by atoms with E-state index in [-0.39, 0.29) is 24.9 Å². The number of nitrogens with zero attached hydrogens (tertiary/aromatic N) is 5. The van der Waals surface area contributed by atoms with Crippen molar-refractivity contribution in [2.75, 3.05) is 25.0 Å². The van der Waals surface area contributed by atoms with Crippen LogP contribution in [0.2, 0.25) is 0 Å². The SMILES string of the molecule is Cc1ccc(-c2noc([C@@H]3CN(C(=O)O)CCO3)n2)cc1NC(=O)c1cnc2ccccn12. The Bertz CT molecular complexity index is 1350. The topological polar surface area (TPSA) is 135 Å². The summed E-state index contributed by atoms with van der Waals surface area (Å²) < 4.78 is 12.7. The zero-order valence-electron chi connectivity index (χ0n) is 17.6. The van der Waals surface area contributed by atoms with E-state index in [9.17, 15) is 14.7 Å². The Kier molecular flexibility index (Phi) is 5.23. The predicted molar refractivity (Wildman–Crippen MR) is 116 cm³/mol. The number of imidazole rings is 1. The van der Waals surface area contributed by atoms with E-state index in [2.05, 4.69) is 20.4 Å². The van der Waals surface area contributed by atoms with Gasteiger partial charge in [-0.05, 0) is 30.7 Å². The number of pyridine rings is 1. The van der Waals surface area contributed by atoms with Gasteiger partial charge >= 0.3 is 6.09 Å². The lowest BCUT2D eigenvalue weighted by Gasteiger charge is -2.28. The summed E-state index contributed by atoms with van der Waals surface area (Å²) in [5.41, 5.74) is 3.18. The lowest BCUT2D eigenvalue weighted by molar-refractivity contribution is -0.0377. The third-order valence-corrected chi connectivity index (χ3v) is 5.45. The van der Waals surface area contributed by atoms with Crippen LogP contribution in [0.1, 0.15) is 28.0 Å². The molecule has 1 saturated heterocycles. The third-order valence-electron chi connectivity index (χ3n) is 5.45. The maximum Gasteiger partial charge on any atom is 0.407 e. The van der Waals surface area contributed by atoms with Crippen molar-refractivity contribution in [2.24, 2.45) is 0 Å². The number of anilines is 1. The maximum absolute atomic E-state index is 12.9. The summed E-state index contributed by atoms with van der Waals surface area (Å²) in [5.74, 6) is 0.214. The Morgan fingerprint density at radius 2 is 2.12 bits per heavy atom. The number of carboxylic acid groups (broad SMARTS) is 1. The number of morpholine rings is 1. The molecule has 0 saturated carbocycles. The zero-order chi connectivity index (χ0) is 22.9. The number of hydrogen-bond donors (Lipinski definition) is 2. The molecule has 1 fully saturated rings. The summed E-state index contributed by atoms with van der Waals surface area (Å²) in [5, 5.41) is 16.1. The lowest BCUT2D eigenvalue weighted by atomic mass is 10.1. The van der Waals surface area contributed by atoms with Crippen molar-refractivity contribution in [1.29, 1.82) is 0 Å². The smallest absolute Gasteiger partial charge is 0.407 e. The van der Waals surface area contributed by atoms with Crippen LogP contribution in [-0.2, 0) is 4.74 Å². The molecule has 4 heterocycles. The molecule has 11 nitrogen and oxygen atoms in total. The largest absolute Gasteiger partial charge is 0.465 e. The van der Waals surface area contributed by atoms with Gasteiger partial charge in [0.25, 0.3) is 11.8 Å². The molecule has 1 aliphatic heterocycles. The molecule has 1 aliphatic rings. The Morgan fingerprint density at radius 3 is 2.97 bits per heavy atom. The number of aryl methyl sites for hydroxylation is 1. The Hall–Kier alpha value is -4.25. The number of carbonyl (C=O) groups is 2. The summed E-state index contributed by atoms with van der Waals surface area (Å²) in [7, 11) is 0. The van der Waals surface area contributed by atoms with E-state index in [4.69, 9.17) is 9.26 Å². The molecular formula is C22H20N6O5. The first kappa shape index (κ1) is 20.6. The Balaban J connectivity index is 1.37. The van der Waals surface area contributed by atoms with Gasteiger partial charge in [0.05, 0.1) is 19.3 Å². The number of hydrogen-bond acceptors (Lipinski definition) is 7. The highest BCUT2D eigenvalue weighted by atomic mass is 16.5. The molecule has 0 aliphatic carbocycles. The van der Waals surface area contributed by atoms with E-state index in [0.29, 0.717) is 35.0 Å². The Labute approximate surface area is 187 Å². The van der Waals surface area contributed by atoms with Gasteiger partial charge in [-0.15, -0.1) is 0 Å². The van der Waals surface area contributed by atoms with Gasteiger partial charge in [-0.2, -0.15) is 4.98 Å². The minimum atomic E-state index is -1.02. The second-order valence-corrected chi connectivity index (χ2v) is 7.60. The monoisotopic (exact) mass is 448 g/mol. The van der Waals surface area contributed by atoms with Crippen LogP contribution < -0.4 is 5.32 Å².